The maximum Gasteiger partial charge on any atom is 0.119 e. The molecule has 0 heterocycles. The van der Waals surface area contributed by atoms with Gasteiger partial charge in [-0.3, -0.25) is 0 Å². The summed E-state index contributed by atoms with van der Waals surface area (Å²) in [4.78, 5) is 2.40. The third kappa shape index (κ3) is 5.93. The van der Waals surface area contributed by atoms with Crippen molar-refractivity contribution in [1.82, 2.24) is 4.90 Å². The molecule has 0 bridgehead atoms. The number of aliphatic hydroxyl groups excluding tert-OH is 1. The molecule has 20 heavy (non-hydrogen) atoms. The second kappa shape index (κ2) is 9.78. The molecule has 0 aliphatic rings. The minimum atomic E-state index is -0.388. The van der Waals surface area contributed by atoms with E-state index in [1.165, 1.54) is 12.8 Å². The van der Waals surface area contributed by atoms with Crippen molar-refractivity contribution >= 4 is 0 Å². The van der Waals surface area contributed by atoms with Crippen LogP contribution in [0, 0.1) is 0 Å². The molecule has 1 atom stereocenters. The summed E-state index contributed by atoms with van der Waals surface area (Å²) in [7, 11) is 0. The smallest absolute Gasteiger partial charge is 0.119 e. The van der Waals surface area contributed by atoms with Crippen LogP contribution in [0.3, 0.4) is 0 Å². The van der Waals surface area contributed by atoms with Gasteiger partial charge in [0.2, 0.25) is 0 Å². The molecular weight excluding hydrogens is 250 g/mol. The van der Waals surface area contributed by atoms with Crippen LogP contribution in [0.5, 0.6) is 5.75 Å². The first-order valence-corrected chi connectivity index (χ1v) is 7.84. The molecule has 1 aromatic rings. The maximum absolute atomic E-state index is 10.2. The molecule has 0 aliphatic carbocycles. The molecular formula is C17H29NO2. The highest BCUT2D eigenvalue weighted by molar-refractivity contribution is 5.28. The van der Waals surface area contributed by atoms with Crippen LogP contribution in [0.1, 0.15) is 51.7 Å². The summed E-state index contributed by atoms with van der Waals surface area (Å²) in [6.07, 6.45) is 2.84. The van der Waals surface area contributed by atoms with Gasteiger partial charge in [-0.15, -0.1) is 0 Å². The van der Waals surface area contributed by atoms with E-state index < -0.39 is 0 Å². The van der Waals surface area contributed by atoms with Crippen molar-refractivity contribution in [2.24, 2.45) is 0 Å². The molecule has 0 spiro atoms. The van der Waals surface area contributed by atoms with Gasteiger partial charge in [0.15, 0.2) is 0 Å². The minimum absolute atomic E-state index is 0.388. The quantitative estimate of drug-likeness (QED) is 0.710. The second-order valence-corrected chi connectivity index (χ2v) is 5.09. The van der Waals surface area contributed by atoms with Crippen LogP contribution in [0.2, 0.25) is 0 Å². The van der Waals surface area contributed by atoms with Crippen LogP contribution < -0.4 is 4.74 Å². The maximum atomic E-state index is 10.2. The summed E-state index contributed by atoms with van der Waals surface area (Å²) in [5.41, 5.74) is 0.972. The lowest BCUT2D eigenvalue weighted by molar-refractivity contribution is 0.143. The topological polar surface area (TPSA) is 32.7 Å². The first-order chi connectivity index (χ1) is 9.71. The highest BCUT2D eigenvalue weighted by Gasteiger charge is 2.10. The van der Waals surface area contributed by atoms with E-state index in [0.29, 0.717) is 6.61 Å². The van der Waals surface area contributed by atoms with Crippen molar-refractivity contribution in [2.75, 3.05) is 26.2 Å². The van der Waals surface area contributed by atoms with E-state index in [0.717, 1.165) is 37.4 Å². The molecule has 0 aliphatic heterocycles. The Hall–Kier alpha value is -1.06. The average Bonchev–Trinajstić information content (AvgIpc) is 2.48. The summed E-state index contributed by atoms with van der Waals surface area (Å²) in [5, 5.41) is 10.2. The Morgan fingerprint density at radius 3 is 2.35 bits per heavy atom. The number of benzene rings is 1. The zero-order valence-electron chi connectivity index (χ0n) is 13.1. The average molecular weight is 279 g/mol. The highest BCUT2D eigenvalue weighted by atomic mass is 16.5. The Balaban J connectivity index is 2.42. The fraction of sp³-hybridized carbons (Fsp3) is 0.647. The third-order valence-electron chi connectivity index (χ3n) is 3.57. The zero-order chi connectivity index (χ0) is 14.8. The van der Waals surface area contributed by atoms with E-state index in [1.807, 2.05) is 31.2 Å². The Kier molecular flexibility index (Phi) is 8.31. The zero-order valence-corrected chi connectivity index (χ0v) is 13.1. The molecule has 1 N–H and O–H groups in total. The first-order valence-electron chi connectivity index (χ1n) is 7.84. The van der Waals surface area contributed by atoms with Gasteiger partial charge in [0, 0.05) is 6.54 Å². The lowest BCUT2D eigenvalue weighted by Gasteiger charge is -2.22. The molecule has 0 radical (unpaired) electrons. The van der Waals surface area contributed by atoms with Crippen molar-refractivity contribution in [3.05, 3.63) is 29.8 Å². The van der Waals surface area contributed by atoms with E-state index in [2.05, 4.69) is 18.7 Å². The van der Waals surface area contributed by atoms with Crippen LogP contribution in [0.25, 0.3) is 0 Å². The summed E-state index contributed by atoms with van der Waals surface area (Å²) < 4.78 is 5.41. The lowest BCUT2D eigenvalue weighted by atomic mass is 10.1. The normalized spacial score (nSPS) is 12.7. The number of rotatable bonds is 10. The predicted octanol–water partition coefficient (Wildman–Crippen LogP) is 3.63. The van der Waals surface area contributed by atoms with Crippen LogP contribution >= 0.6 is 0 Å². The summed E-state index contributed by atoms with van der Waals surface area (Å²) in [6.45, 7) is 10.2. The molecule has 1 aromatic carbocycles. The predicted molar refractivity (Wildman–Crippen MR) is 84.2 cm³/mol. The van der Waals surface area contributed by atoms with Gasteiger partial charge in [0.05, 0.1) is 12.7 Å². The summed E-state index contributed by atoms with van der Waals surface area (Å²) in [6, 6.07) is 7.77. The van der Waals surface area contributed by atoms with Crippen molar-refractivity contribution in [1.29, 1.82) is 0 Å². The molecule has 0 fully saturated rings. The number of ether oxygens (including phenoxy) is 1. The van der Waals surface area contributed by atoms with Crippen LogP contribution in [0.4, 0.5) is 0 Å². The Labute approximate surface area is 123 Å². The third-order valence-corrected chi connectivity index (χ3v) is 3.57. The molecule has 0 saturated heterocycles. The van der Waals surface area contributed by atoms with Gasteiger partial charge < -0.3 is 14.7 Å². The Bertz CT molecular complexity index is 351. The second-order valence-electron chi connectivity index (χ2n) is 5.09. The van der Waals surface area contributed by atoms with E-state index in [4.69, 9.17) is 4.74 Å². The number of unbranched alkanes of at least 4 members (excludes halogenated alkanes) is 1. The molecule has 3 nitrogen and oxygen atoms in total. The van der Waals surface area contributed by atoms with E-state index in [9.17, 15) is 5.11 Å². The molecule has 1 rings (SSSR count). The van der Waals surface area contributed by atoms with Gasteiger partial charge in [-0.05, 0) is 50.6 Å². The van der Waals surface area contributed by atoms with E-state index >= 15 is 0 Å². The molecule has 1 unspecified atom stereocenters. The first kappa shape index (κ1) is 17.0. The highest BCUT2D eigenvalue weighted by Crippen LogP contribution is 2.20. The van der Waals surface area contributed by atoms with Gasteiger partial charge in [-0.1, -0.05) is 32.4 Å². The monoisotopic (exact) mass is 279 g/mol. The van der Waals surface area contributed by atoms with Crippen LogP contribution in [-0.4, -0.2) is 36.2 Å². The fourth-order valence-electron chi connectivity index (χ4n) is 2.23. The summed E-state index contributed by atoms with van der Waals surface area (Å²) >= 11 is 0. The largest absolute Gasteiger partial charge is 0.494 e. The van der Waals surface area contributed by atoms with Crippen LogP contribution in [0.15, 0.2) is 24.3 Å². The fourth-order valence-corrected chi connectivity index (χ4v) is 2.23. The van der Waals surface area contributed by atoms with E-state index in [-0.39, 0.29) is 6.10 Å². The standard InChI is InChI=1S/C17H29NO2/c1-4-7-13-18(5-2)14-12-17(19)15-8-10-16(11-9-15)20-6-3/h8-11,17,19H,4-7,12-14H2,1-3H3. The Morgan fingerprint density at radius 2 is 1.80 bits per heavy atom. The lowest BCUT2D eigenvalue weighted by Crippen LogP contribution is -2.26. The van der Waals surface area contributed by atoms with Crippen LogP contribution in [-0.2, 0) is 0 Å². The molecule has 3 heteroatoms. The van der Waals surface area contributed by atoms with Crippen molar-refractivity contribution in [3.8, 4) is 5.75 Å². The van der Waals surface area contributed by atoms with E-state index in [1.54, 1.807) is 0 Å². The van der Waals surface area contributed by atoms with Gasteiger partial charge in [-0.2, -0.15) is 0 Å². The number of nitrogens with zero attached hydrogens (tertiary/aromatic N) is 1. The van der Waals surface area contributed by atoms with Gasteiger partial charge >= 0.3 is 0 Å². The SMILES string of the molecule is CCCCN(CC)CCC(O)c1ccc(OCC)cc1. The van der Waals surface area contributed by atoms with Gasteiger partial charge in [0.25, 0.3) is 0 Å². The van der Waals surface area contributed by atoms with Crippen molar-refractivity contribution < 1.29 is 9.84 Å². The van der Waals surface area contributed by atoms with Gasteiger partial charge in [-0.25, -0.2) is 0 Å². The van der Waals surface area contributed by atoms with Gasteiger partial charge in [0.1, 0.15) is 5.75 Å². The summed E-state index contributed by atoms with van der Waals surface area (Å²) in [5.74, 6) is 0.863. The number of aliphatic hydroxyl groups is 1. The molecule has 0 saturated carbocycles. The number of hydrogen-bond acceptors (Lipinski definition) is 3. The molecule has 0 amide bonds. The Morgan fingerprint density at radius 1 is 1.10 bits per heavy atom. The minimum Gasteiger partial charge on any atom is -0.494 e. The number of hydrogen-bond donors (Lipinski definition) is 1. The van der Waals surface area contributed by atoms with Crippen molar-refractivity contribution in [2.45, 2.75) is 46.1 Å². The van der Waals surface area contributed by atoms with Crippen molar-refractivity contribution in [3.63, 3.8) is 0 Å². The molecule has 114 valence electrons. The molecule has 0 aromatic heterocycles.